The molecule has 2 N–H and O–H groups in total. The summed E-state index contributed by atoms with van der Waals surface area (Å²) in [6.07, 6.45) is 1.82. The van der Waals surface area contributed by atoms with Gasteiger partial charge in [0.05, 0.1) is 0 Å². The van der Waals surface area contributed by atoms with Gasteiger partial charge in [0.1, 0.15) is 6.04 Å². The van der Waals surface area contributed by atoms with Gasteiger partial charge in [0.25, 0.3) is 0 Å². The summed E-state index contributed by atoms with van der Waals surface area (Å²) in [5, 5.41) is 12.2. The fourth-order valence-corrected chi connectivity index (χ4v) is 4.34. The van der Waals surface area contributed by atoms with Gasteiger partial charge in [-0.05, 0) is 23.8 Å². The Morgan fingerprint density at radius 3 is 2.57 bits per heavy atom. The number of carboxylic acid groups (broad SMARTS) is 1. The van der Waals surface area contributed by atoms with E-state index < -0.39 is 12.0 Å². The van der Waals surface area contributed by atoms with E-state index in [0.717, 1.165) is 41.7 Å². The number of rotatable bonds is 5. The molecule has 1 aliphatic rings. The molecule has 3 aromatic rings. The van der Waals surface area contributed by atoms with Crippen molar-refractivity contribution in [1.29, 1.82) is 0 Å². The third-order valence-corrected chi connectivity index (χ3v) is 5.92. The second-order valence-electron chi connectivity index (χ2n) is 7.08. The van der Waals surface area contributed by atoms with E-state index in [4.69, 9.17) is 23.2 Å². The second kappa shape index (κ2) is 8.13. The predicted octanol–water partition coefficient (Wildman–Crippen LogP) is 4.42. The number of aromatic nitrogens is 1. The van der Waals surface area contributed by atoms with Crippen molar-refractivity contribution in [1.82, 2.24) is 14.8 Å². The largest absolute Gasteiger partial charge is 0.480 e. The molecule has 0 amide bonds. The SMILES string of the molecule is O=C(O)[C@@H](c1c[nH]c2ccccc12)N1CCN(Cc2ccc(Cl)cc2Cl)CC1. The van der Waals surface area contributed by atoms with Gasteiger partial charge in [0.15, 0.2) is 0 Å². The maximum atomic E-state index is 12.1. The van der Waals surface area contributed by atoms with Crippen molar-refractivity contribution < 1.29 is 9.90 Å². The van der Waals surface area contributed by atoms with Crippen LogP contribution in [0.15, 0.2) is 48.7 Å². The molecule has 1 fully saturated rings. The molecule has 2 heterocycles. The summed E-state index contributed by atoms with van der Waals surface area (Å²) in [5.74, 6) is -0.820. The van der Waals surface area contributed by atoms with E-state index in [-0.39, 0.29) is 0 Å². The Morgan fingerprint density at radius 2 is 1.86 bits per heavy atom. The van der Waals surface area contributed by atoms with Crippen LogP contribution in [0.4, 0.5) is 0 Å². The van der Waals surface area contributed by atoms with Gasteiger partial charge in [0, 0.05) is 65.4 Å². The molecule has 0 unspecified atom stereocenters. The lowest BCUT2D eigenvalue weighted by atomic mass is 10.0. The molecule has 0 radical (unpaired) electrons. The number of aromatic amines is 1. The van der Waals surface area contributed by atoms with Crippen LogP contribution in [0.5, 0.6) is 0 Å². The van der Waals surface area contributed by atoms with E-state index in [1.165, 1.54) is 0 Å². The number of carbonyl (C=O) groups is 1. The number of H-pyrrole nitrogens is 1. The van der Waals surface area contributed by atoms with Gasteiger partial charge < -0.3 is 10.1 Å². The normalized spacial score (nSPS) is 17.1. The maximum absolute atomic E-state index is 12.1. The van der Waals surface area contributed by atoms with Crippen LogP contribution >= 0.6 is 23.2 Å². The van der Waals surface area contributed by atoms with Crippen molar-refractivity contribution in [2.75, 3.05) is 26.2 Å². The molecule has 28 heavy (non-hydrogen) atoms. The van der Waals surface area contributed by atoms with Crippen LogP contribution in [0.2, 0.25) is 10.0 Å². The van der Waals surface area contributed by atoms with Gasteiger partial charge >= 0.3 is 5.97 Å². The minimum absolute atomic E-state index is 0.626. The summed E-state index contributed by atoms with van der Waals surface area (Å²) in [4.78, 5) is 19.6. The van der Waals surface area contributed by atoms with E-state index >= 15 is 0 Å². The van der Waals surface area contributed by atoms with Crippen molar-refractivity contribution in [3.63, 3.8) is 0 Å². The number of hydrogen-bond acceptors (Lipinski definition) is 3. The molecule has 0 saturated carbocycles. The molecule has 1 saturated heterocycles. The molecule has 0 spiro atoms. The highest BCUT2D eigenvalue weighted by molar-refractivity contribution is 6.35. The highest BCUT2D eigenvalue weighted by Gasteiger charge is 2.32. The predicted molar refractivity (Wildman–Crippen MR) is 112 cm³/mol. The third-order valence-electron chi connectivity index (χ3n) is 5.33. The second-order valence-corrected chi connectivity index (χ2v) is 7.92. The number of aliphatic carboxylic acids is 1. The Balaban J connectivity index is 1.47. The van der Waals surface area contributed by atoms with Crippen LogP contribution in [-0.2, 0) is 11.3 Å². The zero-order chi connectivity index (χ0) is 19.7. The Kier molecular flexibility index (Phi) is 5.60. The topological polar surface area (TPSA) is 59.6 Å². The zero-order valence-corrected chi connectivity index (χ0v) is 16.7. The fraction of sp³-hybridized carbons (Fsp3) is 0.286. The summed E-state index contributed by atoms with van der Waals surface area (Å²) in [7, 11) is 0. The molecule has 0 aliphatic carbocycles. The lowest BCUT2D eigenvalue weighted by molar-refractivity contribution is -0.144. The van der Waals surface area contributed by atoms with E-state index in [9.17, 15) is 9.90 Å². The van der Waals surface area contributed by atoms with Gasteiger partial charge in [-0.1, -0.05) is 47.5 Å². The van der Waals surface area contributed by atoms with Crippen LogP contribution in [0.25, 0.3) is 10.9 Å². The number of nitrogens with zero attached hydrogens (tertiary/aromatic N) is 2. The van der Waals surface area contributed by atoms with Gasteiger partial charge in [0.2, 0.25) is 0 Å². The summed E-state index contributed by atoms with van der Waals surface area (Å²) >= 11 is 12.3. The van der Waals surface area contributed by atoms with Crippen LogP contribution in [0.1, 0.15) is 17.2 Å². The lowest BCUT2D eigenvalue weighted by Gasteiger charge is -2.37. The summed E-state index contributed by atoms with van der Waals surface area (Å²) in [5.41, 5.74) is 2.81. The number of piperazine rings is 1. The van der Waals surface area contributed by atoms with Crippen molar-refractivity contribution in [3.05, 3.63) is 69.8 Å². The molecule has 0 bridgehead atoms. The third kappa shape index (κ3) is 3.89. The Bertz CT molecular complexity index is 996. The minimum Gasteiger partial charge on any atom is -0.480 e. The van der Waals surface area contributed by atoms with E-state index in [1.54, 1.807) is 6.07 Å². The Labute approximate surface area is 173 Å². The molecule has 5 nitrogen and oxygen atoms in total. The minimum atomic E-state index is -0.820. The molecule has 2 aromatic carbocycles. The summed E-state index contributed by atoms with van der Waals surface area (Å²) < 4.78 is 0. The average Bonchev–Trinajstić information content (AvgIpc) is 3.09. The highest BCUT2D eigenvalue weighted by atomic mass is 35.5. The molecular weight excluding hydrogens is 397 g/mol. The van der Waals surface area contributed by atoms with Gasteiger partial charge in [-0.3, -0.25) is 14.6 Å². The first kappa shape index (κ1) is 19.3. The number of carboxylic acids is 1. The fourth-order valence-electron chi connectivity index (χ4n) is 3.88. The molecule has 1 aromatic heterocycles. The monoisotopic (exact) mass is 417 g/mol. The van der Waals surface area contributed by atoms with Gasteiger partial charge in [-0.15, -0.1) is 0 Å². The van der Waals surface area contributed by atoms with E-state index in [1.807, 2.05) is 47.5 Å². The number of halogens is 2. The van der Waals surface area contributed by atoms with Crippen molar-refractivity contribution in [3.8, 4) is 0 Å². The molecule has 1 aliphatic heterocycles. The van der Waals surface area contributed by atoms with Gasteiger partial charge in [-0.25, -0.2) is 0 Å². The number of nitrogens with one attached hydrogen (secondary N) is 1. The average molecular weight is 418 g/mol. The molecule has 4 rings (SSSR count). The summed E-state index contributed by atoms with van der Waals surface area (Å²) in [6, 6.07) is 12.7. The smallest absolute Gasteiger partial charge is 0.325 e. The van der Waals surface area contributed by atoms with Crippen LogP contribution in [0.3, 0.4) is 0 Å². The first-order valence-electron chi connectivity index (χ1n) is 9.22. The van der Waals surface area contributed by atoms with Crippen molar-refractivity contribution >= 4 is 40.1 Å². The molecule has 7 heteroatoms. The van der Waals surface area contributed by atoms with Crippen molar-refractivity contribution in [2.45, 2.75) is 12.6 Å². The van der Waals surface area contributed by atoms with Crippen LogP contribution < -0.4 is 0 Å². The quantitative estimate of drug-likeness (QED) is 0.644. The maximum Gasteiger partial charge on any atom is 0.325 e. The molecular formula is C21H21Cl2N3O2. The zero-order valence-electron chi connectivity index (χ0n) is 15.2. The highest BCUT2D eigenvalue weighted by Crippen LogP contribution is 2.30. The van der Waals surface area contributed by atoms with Crippen LogP contribution in [-0.4, -0.2) is 52.0 Å². The summed E-state index contributed by atoms with van der Waals surface area (Å²) in [6.45, 7) is 3.66. The van der Waals surface area contributed by atoms with Gasteiger partial charge in [-0.2, -0.15) is 0 Å². The number of hydrogen-bond donors (Lipinski definition) is 2. The van der Waals surface area contributed by atoms with E-state index in [0.29, 0.717) is 23.1 Å². The first-order valence-corrected chi connectivity index (χ1v) is 9.97. The van der Waals surface area contributed by atoms with Crippen molar-refractivity contribution in [2.24, 2.45) is 0 Å². The number of benzene rings is 2. The standard InChI is InChI=1S/C21H21Cl2N3O2/c22-15-6-5-14(18(23)11-15)13-25-7-9-26(10-8-25)20(21(27)28)17-12-24-19-4-2-1-3-16(17)19/h1-6,11-12,20,24H,7-10,13H2,(H,27,28)/t20-/m1/s1. The Hall–Kier alpha value is -2.05. The van der Waals surface area contributed by atoms with Crippen LogP contribution in [0, 0.1) is 0 Å². The number of fused-ring (bicyclic) bond motifs is 1. The Morgan fingerprint density at radius 1 is 1.11 bits per heavy atom. The first-order chi connectivity index (χ1) is 13.5. The molecule has 1 atom stereocenters. The lowest BCUT2D eigenvalue weighted by Crippen LogP contribution is -2.48. The number of para-hydroxylation sites is 1. The van der Waals surface area contributed by atoms with E-state index in [2.05, 4.69) is 9.88 Å². The molecule has 146 valence electrons.